The highest BCUT2D eigenvalue weighted by molar-refractivity contribution is 6.20. The summed E-state index contributed by atoms with van der Waals surface area (Å²) in [6.45, 7) is 0.613. The van der Waals surface area contributed by atoms with E-state index in [1.807, 2.05) is 0 Å². The van der Waals surface area contributed by atoms with Crippen LogP contribution >= 0.6 is 11.6 Å². The fourth-order valence-corrected chi connectivity index (χ4v) is 2.72. The Hall–Kier alpha value is -1.29. The molecule has 0 spiro atoms. The van der Waals surface area contributed by atoms with Gasteiger partial charge in [0.05, 0.1) is 7.11 Å². The van der Waals surface area contributed by atoms with Gasteiger partial charge in [-0.3, -0.25) is 4.79 Å². The quantitative estimate of drug-likeness (QED) is 0.864. The van der Waals surface area contributed by atoms with Crippen molar-refractivity contribution in [3.63, 3.8) is 0 Å². The van der Waals surface area contributed by atoms with Crippen LogP contribution in [0.1, 0.15) is 29.6 Å². The third-order valence-electron chi connectivity index (χ3n) is 3.44. The number of carbonyl (C=O) groups is 1. The number of hydrogen-bond donors (Lipinski definition) is 1. The molecule has 2 rings (SSSR count). The number of nitrogens with one attached hydrogen (secondary N) is 1. The summed E-state index contributed by atoms with van der Waals surface area (Å²) in [7, 11) is 1.37. The van der Waals surface area contributed by atoms with E-state index in [1.54, 1.807) is 0 Å². The van der Waals surface area contributed by atoms with Crippen LogP contribution in [0.3, 0.4) is 0 Å². The number of rotatable bonds is 4. The molecule has 1 amide bonds. The molecule has 0 radical (unpaired) electrons. The fourth-order valence-electron chi connectivity index (χ4n) is 2.34. The highest BCUT2D eigenvalue weighted by Gasteiger charge is 2.23. The molecule has 0 bridgehead atoms. The van der Waals surface area contributed by atoms with E-state index in [4.69, 9.17) is 16.3 Å². The fraction of sp³-hybridized carbons (Fsp3) is 0.500. The average molecular weight is 286 g/mol. The van der Waals surface area contributed by atoms with E-state index in [2.05, 4.69) is 5.32 Å². The molecule has 3 nitrogen and oxygen atoms in total. The number of methoxy groups -OCH3 is 1. The third-order valence-corrected chi connectivity index (χ3v) is 3.84. The van der Waals surface area contributed by atoms with Crippen molar-refractivity contribution in [1.29, 1.82) is 0 Å². The second-order valence-corrected chi connectivity index (χ2v) is 5.45. The van der Waals surface area contributed by atoms with E-state index in [-0.39, 0.29) is 17.0 Å². The first kappa shape index (κ1) is 14.1. The minimum Gasteiger partial charge on any atom is -0.494 e. The molecule has 104 valence electrons. The number of benzene rings is 1. The Morgan fingerprint density at radius 3 is 2.95 bits per heavy atom. The van der Waals surface area contributed by atoms with Gasteiger partial charge < -0.3 is 10.1 Å². The lowest BCUT2D eigenvalue weighted by molar-refractivity contribution is 0.0947. The summed E-state index contributed by atoms with van der Waals surface area (Å²) in [6, 6.07) is 4.09. The van der Waals surface area contributed by atoms with Gasteiger partial charge in [-0.15, -0.1) is 11.6 Å². The zero-order valence-electron chi connectivity index (χ0n) is 10.8. The van der Waals surface area contributed by atoms with Crippen molar-refractivity contribution in [1.82, 2.24) is 5.32 Å². The first-order chi connectivity index (χ1) is 9.10. The number of alkyl halides is 1. The molecular formula is C14H17ClFNO2. The second-order valence-electron chi connectivity index (χ2n) is 4.84. The molecule has 1 aromatic rings. The van der Waals surface area contributed by atoms with E-state index in [0.717, 1.165) is 19.3 Å². The third kappa shape index (κ3) is 3.60. The number of carbonyl (C=O) groups excluding carboxylic acids is 1. The molecule has 1 aliphatic rings. The highest BCUT2D eigenvalue weighted by Crippen LogP contribution is 2.28. The Morgan fingerprint density at radius 2 is 2.32 bits per heavy atom. The summed E-state index contributed by atoms with van der Waals surface area (Å²) in [5.74, 6) is -0.167. The molecule has 1 fully saturated rings. The van der Waals surface area contributed by atoms with Crippen LogP contribution in [0.25, 0.3) is 0 Å². The first-order valence-electron chi connectivity index (χ1n) is 6.36. The van der Waals surface area contributed by atoms with Crippen LogP contribution in [0, 0.1) is 11.7 Å². The van der Waals surface area contributed by atoms with Gasteiger partial charge in [-0.1, -0.05) is 0 Å². The first-order valence-corrected chi connectivity index (χ1v) is 6.79. The molecule has 5 heteroatoms. The van der Waals surface area contributed by atoms with Crippen molar-refractivity contribution < 1.29 is 13.9 Å². The zero-order chi connectivity index (χ0) is 13.8. The van der Waals surface area contributed by atoms with Crippen molar-refractivity contribution in [3.05, 3.63) is 29.6 Å². The molecule has 0 saturated heterocycles. The molecule has 0 heterocycles. The molecule has 1 N–H and O–H groups in total. The van der Waals surface area contributed by atoms with Crippen LogP contribution < -0.4 is 10.1 Å². The zero-order valence-corrected chi connectivity index (χ0v) is 11.5. The van der Waals surface area contributed by atoms with Gasteiger partial charge in [0, 0.05) is 17.5 Å². The van der Waals surface area contributed by atoms with E-state index in [0.29, 0.717) is 18.0 Å². The number of hydrogen-bond acceptors (Lipinski definition) is 2. The van der Waals surface area contributed by atoms with Crippen LogP contribution in [0.5, 0.6) is 5.75 Å². The van der Waals surface area contributed by atoms with E-state index < -0.39 is 5.82 Å². The summed E-state index contributed by atoms with van der Waals surface area (Å²) in [5, 5.41) is 3.09. The van der Waals surface area contributed by atoms with Crippen molar-refractivity contribution >= 4 is 17.5 Å². The molecular weight excluding hydrogens is 269 g/mol. The summed E-state index contributed by atoms with van der Waals surface area (Å²) < 4.78 is 18.1. The van der Waals surface area contributed by atoms with Crippen molar-refractivity contribution in [2.75, 3.05) is 13.7 Å². The Kier molecular flexibility index (Phi) is 4.64. The van der Waals surface area contributed by atoms with Crippen LogP contribution in [0.2, 0.25) is 0 Å². The molecule has 2 atom stereocenters. The minimum absolute atomic E-state index is 0.0781. The Balaban J connectivity index is 1.92. The minimum atomic E-state index is -0.472. The van der Waals surface area contributed by atoms with Crippen LogP contribution in [0.4, 0.5) is 4.39 Å². The van der Waals surface area contributed by atoms with Gasteiger partial charge in [-0.05, 0) is 43.4 Å². The van der Waals surface area contributed by atoms with Crippen LogP contribution in [-0.4, -0.2) is 24.9 Å². The molecule has 19 heavy (non-hydrogen) atoms. The predicted molar refractivity (Wildman–Crippen MR) is 72.3 cm³/mol. The van der Waals surface area contributed by atoms with Crippen molar-refractivity contribution in [2.24, 2.45) is 5.92 Å². The Morgan fingerprint density at radius 1 is 1.53 bits per heavy atom. The predicted octanol–water partition coefficient (Wildman–Crippen LogP) is 2.97. The molecule has 2 unspecified atom stereocenters. The number of amides is 1. The summed E-state index contributed by atoms with van der Waals surface area (Å²) >= 11 is 6.03. The molecule has 1 saturated carbocycles. The van der Waals surface area contributed by atoms with Gasteiger partial charge in [-0.25, -0.2) is 4.39 Å². The summed E-state index contributed by atoms with van der Waals surface area (Å²) in [6.07, 6.45) is 2.99. The topological polar surface area (TPSA) is 38.3 Å². The van der Waals surface area contributed by atoms with Crippen molar-refractivity contribution in [3.8, 4) is 5.75 Å². The maximum absolute atomic E-state index is 13.2. The maximum atomic E-state index is 13.2. The summed E-state index contributed by atoms with van der Waals surface area (Å²) in [5.41, 5.74) is 0.402. The Labute approximate surface area is 117 Å². The standard InChI is InChI=1S/C14H17ClFNO2/c1-19-13-7-10(3-5-12(13)16)14(18)17-8-9-2-4-11(15)6-9/h3,5,7,9,11H,2,4,6,8H2,1H3,(H,17,18). The Bertz CT molecular complexity index is 467. The van der Waals surface area contributed by atoms with Gasteiger partial charge in [0.1, 0.15) is 0 Å². The lowest BCUT2D eigenvalue weighted by Gasteiger charge is -2.11. The number of ether oxygens (including phenoxy) is 1. The SMILES string of the molecule is COc1cc(C(=O)NCC2CCC(Cl)C2)ccc1F. The highest BCUT2D eigenvalue weighted by atomic mass is 35.5. The summed E-state index contributed by atoms with van der Waals surface area (Å²) in [4.78, 5) is 11.9. The van der Waals surface area contributed by atoms with Gasteiger partial charge in [-0.2, -0.15) is 0 Å². The van der Waals surface area contributed by atoms with E-state index in [9.17, 15) is 9.18 Å². The van der Waals surface area contributed by atoms with E-state index >= 15 is 0 Å². The largest absolute Gasteiger partial charge is 0.494 e. The van der Waals surface area contributed by atoms with Gasteiger partial charge >= 0.3 is 0 Å². The van der Waals surface area contributed by atoms with Crippen LogP contribution in [0.15, 0.2) is 18.2 Å². The molecule has 1 aromatic carbocycles. The van der Waals surface area contributed by atoms with E-state index in [1.165, 1.54) is 25.3 Å². The molecule has 0 aliphatic heterocycles. The maximum Gasteiger partial charge on any atom is 0.251 e. The molecule has 0 aromatic heterocycles. The smallest absolute Gasteiger partial charge is 0.251 e. The van der Waals surface area contributed by atoms with Gasteiger partial charge in [0.15, 0.2) is 11.6 Å². The van der Waals surface area contributed by atoms with Gasteiger partial charge in [0.2, 0.25) is 0 Å². The van der Waals surface area contributed by atoms with Crippen LogP contribution in [-0.2, 0) is 0 Å². The lowest BCUT2D eigenvalue weighted by atomic mass is 10.1. The number of halogens is 2. The average Bonchev–Trinajstić information content (AvgIpc) is 2.82. The second kappa shape index (κ2) is 6.24. The molecule has 1 aliphatic carbocycles. The normalized spacial score (nSPS) is 22.3. The monoisotopic (exact) mass is 285 g/mol. The lowest BCUT2D eigenvalue weighted by Crippen LogP contribution is -2.28. The van der Waals surface area contributed by atoms with Crippen molar-refractivity contribution in [2.45, 2.75) is 24.6 Å². The van der Waals surface area contributed by atoms with Gasteiger partial charge in [0.25, 0.3) is 5.91 Å².